The highest BCUT2D eigenvalue weighted by atomic mass is 35.5. The van der Waals surface area contributed by atoms with E-state index in [9.17, 15) is 9.18 Å². The lowest BCUT2D eigenvalue weighted by molar-refractivity contribution is 0.0448. The lowest BCUT2D eigenvalue weighted by atomic mass is 9.90. The third kappa shape index (κ3) is 5.33. The van der Waals surface area contributed by atoms with E-state index in [2.05, 4.69) is 20.2 Å². The van der Waals surface area contributed by atoms with Gasteiger partial charge in [-0.1, -0.05) is 17.7 Å². The summed E-state index contributed by atoms with van der Waals surface area (Å²) in [6, 6.07) is 8.32. The van der Waals surface area contributed by atoms with Crippen LogP contribution in [0.4, 0.5) is 15.0 Å². The molecule has 0 unspecified atom stereocenters. The van der Waals surface area contributed by atoms with E-state index < -0.39 is 17.5 Å². The van der Waals surface area contributed by atoms with Crippen molar-refractivity contribution in [1.29, 1.82) is 0 Å². The van der Waals surface area contributed by atoms with Crippen molar-refractivity contribution in [2.24, 2.45) is 0 Å². The largest absolute Gasteiger partial charge is 0.444 e. The van der Waals surface area contributed by atoms with Crippen LogP contribution in [0.3, 0.4) is 0 Å². The first-order chi connectivity index (χ1) is 15.5. The van der Waals surface area contributed by atoms with Crippen LogP contribution < -0.4 is 10.2 Å². The number of anilines is 1. The van der Waals surface area contributed by atoms with Gasteiger partial charge < -0.3 is 15.0 Å². The fraction of sp³-hybridized carbons (Fsp3) is 0.417. The van der Waals surface area contributed by atoms with Crippen molar-refractivity contribution in [2.45, 2.75) is 51.7 Å². The Balaban J connectivity index is 1.46. The maximum atomic E-state index is 14.4. The smallest absolute Gasteiger partial charge is 0.408 e. The van der Waals surface area contributed by atoms with Crippen molar-refractivity contribution in [3.05, 3.63) is 47.4 Å². The number of ether oxygens (including phenoxy) is 1. The van der Waals surface area contributed by atoms with Gasteiger partial charge in [-0.25, -0.2) is 24.1 Å². The number of benzene rings is 1. The summed E-state index contributed by atoms with van der Waals surface area (Å²) in [6.45, 7) is 9.00. The van der Waals surface area contributed by atoms with Gasteiger partial charge in [-0.3, -0.25) is 0 Å². The summed E-state index contributed by atoms with van der Waals surface area (Å²) in [5.74, 6) is 0.234. The minimum Gasteiger partial charge on any atom is -0.444 e. The summed E-state index contributed by atoms with van der Waals surface area (Å²) in [4.78, 5) is 28.0. The Morgan fingerprint density at radius 2 is 1.91 bits per heavy atom. The Morgan fingerprint density at radius 1 is 1.18 bits per heavy atom. The monoisotopic (exact) mass is 471 g/mol. The normalized spacial score (nSPS) is 16.0. The lowest BCUT2D eigenvalue weighted by Gasteiger charge is -2.40. The van der Waals surface area contributed by atoms with Crippen LogP contribution in [0.2, 0.25) is 5.02 Å². The Kier molecular flexibility index (Phi) is 6.14. The van der Waals surface area contributed by atoms with Gasteiger partial charge in [0.05, 0.1) is 16.9 Å². The molecule has 0 saturated carbocycles. The Morgan fingerprint density at radius 3 is 2.61 bits per heavy atom. The number of alkyl carbamates (subject to hydrolysis) is 1. The van der Waals surface area contributed by atoms with Crippen LogP contribution in [-0.4, -0.2) is 45.3 Å². The Bertz CT molecular complexity index is 1190. The lowest BCUT2D eigenvalue weighted by Crippen LogP contribution is -2.54. The van der Waals surface area contributed by atoms with Gasteiger partial charge in [0, 0.05) is 24.2 Å². The minimum atomic E-state index is -0.533. The molecule has 1 aliphatic heterocycles. The quantitative estimate of drug-likeness (QED) is 0.553. The number of nitrogens with zero attached hydrogens (tertiary/aromatic N) is 4. The average Bonchev–Trinajstić information content (AvgIpc) is 2.74. The molecule has 1 N–H and O–H groups in total. The number of rotatable bonds is 3. The fourth-order valence-corrected chi connectivity index (χ4v) is 3.98. The van der Waals surface area contributed by atoms with Crippen molar-refractivity contribution >= 4 is 34.7 Å². The predicted molar refractivity (Wildman–Crippen MR) is 127 cm³/mol. The topological polar surface area (TPSA) is 80.2 Å². The summed E-state index contributed by atoms with van der Waals surface area (Å²) in [5.41, 5.74) is 0.951. The molecule has 0 radical (unpaired) electrons. The highest BCUT2D eigenvalue weighted by Gasteiger charge is 2.33. The van der Waals surface area contributed by atoms with E-state index in [0.29, 0.717) is 35.5 Å². The van der Waals surface area contributed by atoms with Crippen LogP contribution in [0.5, 0.6) is 0 Å². The van der Waals surface area contributed by atoms with E-state index in [1.54, 1.807) is 30.5 Å². The second kappa shape index (κ2) is 8.74. The maximum absolute atomic E-state index is 14.4. The zero-order valence-electron chi connectivity index (χ0n) is 19.2. The zero-order valence-corrected chi connectivity index (χ0v) is 19.9. The first kappa shape index (κ1) is 23.2. The molecule has 0 atom stereocenters. The van der Waals surface area contributed by atoms with Gasteiger partial charge in [-0.15, -0.1) is 0 Å². The molecule has 1 aliphatic rings. The van der Waals surface area contributed by atoms with Gasteiger partial charge in [0.15, 0.2) is 11.5 Å². The molecule has 1 aromatic carbocycles. The van der Waals surface area contributed by atoms with Gasteiger partial charge >= 0.3 is 6.09 Å². The maximum Gasteiger partial charge on any atom is 0.408 e. The third-order valence-corrected chi connectivity index (χ3v) is 5.90. The predicted octanol–water partition coefficient (Wildman–Crippen LogP) is 5.37. The van der Waals surface area contributed by atoms with Crippen LogP contribution >= 0.6 is 11.6 Å². The molecule has 1 fully saturated rings. The molecule has 33 heavy (non-hydrogen) atoms. The first-order valence-corrected chi connectivity index (χ1v) is 11.3. The average molecular weight is 472 g/mol. The van der Waals surface area contributed by atoms with Crippen LogP contribution in [0.15, 0.2) is 36.5 Å². The molecule has 1 saturated heterocycles. The summed E-state index contributed by atoms with van der Waals surface area (Å²) in [7, 11) is 0. The van der Waals surface area contributed by atoms with Crippen LogP contribution in [0.25, 0.3) is 22.4 Å². The molecular weight excluding hydrogens is 445 g/mol. The summed E-state index contributed by atoms with van der Waals surface area (Å²) in [5, 5.41) is 3.06. The van der Waals surface area contributed by atoms with Crippen molar-refractivity contribution in [1.82, 2.24) is 20.3 Å². The molecule has 1 amide bonds. The number of amides is 1. The third-order valence-electron chi connectivity index (χ3n) is 5.61. The Hall–Kier alpha value is -3.00. The van der Waals surface area contributed by atoms with E-state index in [1.807, 2.05) is 27.7 Å². The van der Waals surface area contributed by atoms with Gasteiger partial charge in [-0.2, -0.15) is 0 Å². The van der Waals surface area contributed by atoms with Crippen LogP contribution in [-0.2, 0) is 4.74 Å². The molecular formula is C24H27ClFN5O2. The summed E-state index contributed by atoms with van der Waals surface area (Å²) >= 11 is 5.90. The second-order valence-electron chi connectivity index (χ2n) is 9.54. The van der Waals surface area contributed by atoms with Crippen molar-refractivity contribution in [2.75, 3.05) is 18.0 Å². The molecule has 4 rings (SSSR count). The van der Waals surface area contributed by atoms with E-state index in [0.717, 1.165) is 18.7 Å². The van der Waals surface area contributed by atoms with Crippen molar-refractivity contribution < 1.29 is 13.9 Å². The van der Waals surface area contributed by atoms with Gasteiger partial charge in [0.2, 0.25) is 0 Å². The van der Waals surface area contributed by atoms with Gasteiger partial charge in [-0.05, 0) is 64.8 Å². The summed E-state index contributed by atoms with van der Waals surface area (Å²) < 4.78 is 19.8. The molecule has 3 aromatic rings. The van der Waals surface area contributed by atoms with E-state index in [4.69, 9.17) is 21.3 Å². The van der Waals surface area contributed by atoms with E-state index in [-0.39, 0.29) is 10.6 Å². The molecule has 9 heteroatoms. The number of piperidine rings is 1. The number of pyridine rings is 1. The Labute approximate surface area is 197 Å². The molecule has 0 spiro atoms. The number of halogens is 2. The first-order valence-electron chi connectivity index (χ1n) is 10.9. The number of carbonyl (C=O) groups excluding carboxylic acids is 1. The molecule has 174 valence electrons. The van der Waals surface area contributed by atoms with E-state index >= 15 is 0 Å². The number of nitrogens with one attached hydrogen (secondary N) is 1. The summed E-state index contributed by atoms with van der Waals surface area (Å²) in [6.07, 6.45) is 2.77. The minimum absolute atomic E-state index is 0.0501. The molecule has 7 nitrogen and oxygen atoms in total. The molecule has 2 aromatic heterocycles. The second-order valence-corrected chi connectivity index (χ2v) is 9.95. The number of carbonyl (C=O) groups is 1. The number of hydrogen-bond donors (Lipinski definition) is 1. The van der Waals surface area contributed by atoms with Gasteiger partial charge in [0.25, 0.3) is 0 Å². The number of fused-ring (bicyclic) bond motifs is 1. The van der Waals surface area contributed by atoms with Crippen LogP contribution in [0, 0.1) is 5.82 Å². The van der Waals surface area contributed by atoms with Crippen molar-refractivity contribution in [3.63, 3.8) is 0 Å². The molecule has 0 aliphatic carbocycles. The molecule has 3 heterocycles. The van der Waals surface area contributed by atoms with Gasteiger partial charge in [0.1, 0.15) is 16.9 Å². The van der Waals surface area contributed by atoms with E-state index in [1.165, 1.54) is 6.07 Å². The fourth-order valence-electron chi connectivity index (χ4n) is 3.80. The number of hydrogen-bond acceptors (Lipinski definition) is 6. The number of aromatic nitrogens is 3. The highest BCUT2D eigenvalue weighted by molar-refractivity contribution is 6.31. The van der Waals surface area contributed by atoms with Crippen molar-refractivity contribution in [3.8, 4) is 11.3 Å². The highest BCUT2D eigenvalue weighted by Crippen LogP contribution is 2.29. The zero-order chi connectivity index (χ0) is 23.8. The molecule has 0 bridgehead atoms. The van der Waals surface area contributed by atoms with Crippen LogP contribution in [0.1, 0.15) is 40.5 Å². The SMILES string of the molecule is CC1(NC(=O)OC(C)(C)C)CCN(c2cnc3nc(-c4cccc(Cl)c4F)ccc3n2)CC1. The standard InChI is InChI=1S/C24H27ClFN5O2/c1-23(2,3)33-22(32)30-24(4)10-12-31(13-11-24)19-14-27-21-18(28-19)9-8-17(29-21)15-6-5-7-16(25)20(15)26/h5-9,14H,10-13H2,1-4H3,(H,30,32).